The summed E-state index contributed by atoms with van der Waals surface area (Å²) in [6.45, 7) is 9.09. The van der Waals surface area contributed by atoms with Crippen molar-refractivity contribution in [2.24, 2.45) is 0 Å². The van der Waals surface area contributed by atoms with Crippen LogP contribution in [-0.4, -0.2) is 79.4 Å². The Bertz CT molecular complexity index is 966. The first kappa shape index (κ1) is 24.1. The molecule has 2 amide bonds. The molecule has 34 heavy (non-hydrogen) atoms. The van der Waals surface area contributed by atoms with E-state index in [1.165, 1.54) is 5.69 Å². The lowest BCUT2D eigenvalue weighted by Gasteiger charge is -2.36. The molecule has 0 aliphatic carbocycles. The molecule has 9 heteroatoms. The van der Waals surface area contributed by atoms with Crippen molar-refractivity contribution < 1.29 is 14.3 Å². The number of ether oxygens (including phenoxy) is 1. The summed E-state index contributed by atoms with van der Waals surface area (Å²) in [5.41, 5.74) is 2.14. The van der Waals surface area contributed by atoms with Gasteiger partial charge in [-0.25, -0.2) is 4.68 Å². The number of nitrogens with one attached hydrogen (secondary N) is 1. The van der Waals surface area contributed by atoms with E-state index in [4.69, 9.17) is 4.74 Å². The molecule has 1 aromatic heterocycles. The van der Waals surface area contributed by atoms with E-state index in [1.807, 2.05) is 29.8 Å². The predicted molar refractivity (Wildman–Crippen MR) is 132 cm³/mol. The van der Waals surface area contributed by atoms with E-state index in [0.717, 1.165) is 69.4 Å². The molecule has 1 N–H and O–H groups in total. The molecule has 2 aliphatic heterocycles. The lowest BCUT2D eigenvalue weighted by Crippen LogP contribution is -2.47. The summed E-state index contributed by atoms with van der Waals surface area (Å²) in [7, 11) is 1.68. The van der Waals surface area contributed by atoms with Crippen LogP contribution in [0.2, 0.25) is 0 Å². The summed E-state index contributed by atoms with van der Waals surface area (Å²) in [5.74, 6) is 1.66. The largest absolute Gasteiger partial charge is 0.497 e. The van der Waals surface area contributed by atoms with Crippen molar-refractivity contribution in [3.8, 4) is 5.75 Å². The van der Waals surface area contributed by atoms with Crippen molar-refractivity contribution in [3.63, 3.8) is 0 Å². The monoisotopic (exact) mass is 468 g/mol. The highest BCUT2D eigenvalue weighted by atomic mass is 16.5. The first-order valence-corrected chi connectivity index (χ1v) is 12.3. The molecule has 0 radical (unpaired) electrons. The summed E-state index contributed by atoms with van der Waals surface area (Å²) >= 11 is 0. The van der Waals surface area contributed by atoms with Crippen LogP contribution in [0.3, 0.4) is 0 Å². The molecule has 3 heterocycles. The molecule has 1 saturated heterocycles. The smallest absolute Gasteiger partial charge is 0.228 e. The van der Waals surface area contributed by atoms with Crippen LogP contribution >= 0.6 is 0 Å². The number of hydrogen-bond donors (Lipinski definition) is 1. The van der Waals surface area contributed by atoms with Crippen molar-refractivity contribution in [2.75, 3.05) is 62.7 Å². The molecular formula is C25H36N6O3. The van der Waals surface area contributed by atoms with Crippen LogP contribution in [-0.2, 0) is 16.1 Å². The third-order valence-corrected chi connectivity index (χ3v) is 6.56. The average Bonchev–Trinajstić information content (AvgIpc) is 3.26. The number of carbonyl (C=O) groups is 2. The molecule has 0 spiro atoms. The van der Waals surface area contributed by atoms with E-state index in [0.29, 0.717) is 13.1 Å². The minimum atomic E-state index is -0.0561. The fourth-order valence-electron chi connectivity index (χ4n) is 4.66. The Labute approximate surface area is 201 Å². The second kappa shape index (κ2) is 11.4. The average molecular weight is 469 g/mol. The van der Waals surface area contributed by atoms with Crippen molar-refractivity contribution in [3.05, 3.63) is 36.0 Å². The molecule has 1 aromatic carbocycles. The third kappa shape index (κ3) is 6.08. The van der Waals surface area contributed by atoms with Gasteiger partial charge in [-0.05, 0) is 50.6 Å². The van der Waals surface area contributed by atoms with Crippen LogP contribution in [0.4, 0.5) is 11.5 Å². The lowest BCUT2D eigenvalue weighted by atomic mass is 10.2. The Morgan fingerprint density at radius 1 is 1.03 bits per heavy atom. The van der Waals surface area contributed by atoms with Gasteiger partial charge in [0.25, 0.3) is 0 Å². The van der Waals surface area contributed by atoms with Crippen LogP contribution in [0, 0.1) is 6.92 Å². The van der Waals surface area contributed by atoms with Gasteiger partial charge >= 0.3 is 0 Å². The van der Waals surface area contributed by atoms with Gasteiger partial charge in [0.1, 0.15) is 11.6 Å². The second-order valence-corrected chi connectivity index (χ2v) is 9.00. The number of fused-ring (bicyclic) bond motifs is 1. The van der Waals surface area contributed by atoms with E-state index in [2.05, 4.69) is 32.3 Å². The number of aryl methyl sites for hydroxylation is 2. The van der Waals surface area contributed by atoms with E-state index in [-0.39, 0.29) is 24.7 Å². The Morgan fingerprint density at radius 3 is 2.53 bits per heavy atom. The number of hydrogen-bond acceptors (Lipinski definition) is 6. The molecule has 2 aromatic rings. The van der Waals surface area contributed by atoms with Gasteiger partial charge in [-0.15, -0.1) is 0 Å². The zero-order chi connectivity index (χ0) is 23.9. The molecule has 0 bridgehead atoms. The zero-order valence-electron chi connectivity index (χ0n) is 20.3. The summed E-state index contributed by atoms with van der Waals surface area (Å²) in [4.78, 5) is 31.5. The van der Waals surface area contributed by atoms with Gasteiger partial charge in [-0.1, -0.05) is 0 Å². The van der Waals surface area contributed by atoms with Gasteiger partial charge in [0, 0.05) is 70.4 Å². The molecule has 2 aliphatic rings. The zero-order valence-corrected chi connectivity index (χ0v) is 20.3. The quantitative estimate of drug-likeness (QED) is 0.567. The fourth-order valence-corrected chi connectivity index (χ4v) is 4.66. The molecule has 184 valence electrons. The number of benzene rings is 1. The van der Waals surface area contributed by atoms with Gasteiger partial charge < -0.3 is 15.0 Å². The van der Waals surface area contributed by atoms with Gasteiger partial charge in [0.15, 0.2) is 0 Å². The Kier molecular flexibility index (Phi) is 8.05. The van der Waals surface area contributed by atoms with Gasteiger partial charge in [-0.3, -0.25) is 19.4 Å². The van der Waals surface area contributed by atoms with E-state index in [9.17, 15) is 9.59 Å². The van der Waals surface area contributed by atoms with Gasteiger partial charge in [0.2, 0.25) is 11.8 Å². The normalized spacial score (nSPS) is 16.3. The maximum absolute atomic E-state index is 12.7. The third-order valence-electron chi connectivity index (χ3n) is 6.56. The molecule has 4 rings (SSSR count). The van der Waals surface area contributed by atoms with E-state index < -0.39 is 0 Å². The van der Waals surface area contributed by atoms with Crippen molar-refractivity contribution in [2.45, 2.75) is 39.2 Å². The maximum atomic E-state index is 12.7. The molecular weight excluding hydrogens is 432 g/mol. The number of methoxy groups -OCH3 is 1. The number of carbonyl (C=O) groups excluding carboxylic acids is 2. The van der Waals surface area contributed by atoms with E-state index >= 15 is 0 Å². The number of anilines is 2. The Hall–Kier alpha value is -3.07. The Balaban J connectivity index is 1.10. The van der Waals surface area contributed by atoms with Crippen LogP contribution in [0.5, 0.6) is 5.75 Å². The molecule has 0 atom stereocenters. The summed E-state index contributed by atoms with van der Waals surface area (Å²) in [6, 6.07) is 10.2. The van der Waals surface area contributed by atoms with Crippen molar-refractivity contribution >= 4 is 23.3 Å². The highest BCUT2D eigenvalue weighted by Crippen LogP contribution is 2.23. The number of aromatic nitrogens is 2. The summed E-state index contributed by atoms with van der Waals surface area (Å²) in [6.07, 6.45) is 2.25. The molecule has 1 fully saturated rings. The minimum absolute atomic E-state index is 0.00858. The van der Waals surface area contributed by atoms with E-state index in [1.54, 1.807) is 12.0 Å². The first-order valence-electron chi connectivity index (χ1n) is 12.3. The second-order valence-electron chi connectivity index (χ2n) is 9.00. The highest BCUT2D eigenvalue weighted by molar-refractivity contribution is 5.95. The van der Waals surface area contributed by atoms with Gasteiger partial charge in [0.05, 0.1) is 12.8 Å². The minimum Gasteiger partial charge on any atom is -0.497 e. The topological polar surface area (TPSA) is 82.9 Å². The summed E-state index contributed by atoms with van der Waals surface area (Å²) < 4.78 is 7.12. The highest BCUT2D eigenvalue weighted by Gasteiger charge is 2.24. The summed E-state index contributed by atoms with van der Waals surface area (Å²) in [5, 5.41) is 7.40. The van der Waals surface area contributed by atoms with Crippen molar-refractivity contribution in [1.29, 1.82) is 0 Å². The van der Waals surface area contributed by atoms with Crippen LogP contribution in [0.15, 0.2) is 30.3 Å². The van der Waals surface area contributed by atoms with Crippen LogP contribution in [0.1, 0.15) is 31.4 Å². The molecule has 9 nitrogen and oxygen atoms in total. The molecule has 0 unspecified atom stereocenters. The van der Waals surface area contributed by atoms with Crippen molar-refractivity contribution in [1.82, 2.24) is 20.0 Å². The number of amides is 2. The predicted octanol–water partition coefficient (Wildman–Crippen LogP) is 2.05. The number of rotatable bonds is 9. The Morgan fingerprint density at radius 2 is 1.79 bits per heavy atom. The lowest BCUT2D eigenvalue weighted by molar-refractivity contribution is -0.125. The number of nitrogens with zero attached hydrogens (tertiary/aromatic N) is 5. The molecule has 0 saturated carbocycles. The SMILES string of the molecule is COc1ccc(N2CCN(CCCNC(=O)CCC(=O)N3CCCn4nc(C)cc43)CC2)cc1. The fraction of sp³-hybridized carbons (Fsp3) is 0.560. The number of piperazine rings is 1. The standard InChI is InChI=1S/C25H36N6O3/c1-20-19-24-30(13-4-14-31(24)27-20)25(33)10-9-23(32)26-11-3-12-28-15-17-29(18-16-28)21-5-7-22(34-2)8-6-21/h5-8,19H,3-4,9-18H2,1-2H3,(H,26,32). The van der Waals surface area contributed by atoms with Crippen LogP contribution < -0.4 is 19.9 Å². The first-order chi connectivity index (χ1) is 16.5. The maximum Gasteiger partial charge on any atom is 0.228 e. The van der Waals surface area contributed by atoms with Crippen LogP contribution in [0.25, 0.3) is 0 Å². The van der Waals surface area contributed by atoms with Gasteiger partial charge in [-0.2, -0.15) is 5.10 Å².